The summed E-state index contributed by atoms with van der Waals surface area (Å²) in [5, 5.41) is 11.7. The number of halogens is 1. The molecule has 1 saturated heterocycles. The molecule has 0 bridgehead atoms. The number of hydrogen-bond donors (Lipinski definition) is 2. The van der Waals surface area contributed by atoms with Gasteiger partial charge in [-0.05, 0) is 24.3 Å². The fourth-order valence-electron chi connectivity index (χ4n) is 3.13. The molecular weight excluding hydrogens is 383 g/mol. The van der Waals surface area contributed by atoms with Gasteiger partial charge < -0.3 is 10.2 Å². The van der Waals surface area contributed by atoms with E-state index in [-0.39, 0.29) is 41.7 Å². The first-order valence-electron chi connectivity index (χ1n) is 8.79. The fourth-order valence-corrected chi connectivity index (χ4v) is 4.71. The van der Waals surface area contributed by atoms with Crippen LogP contribution in [-0.2, 0) is 14.8 Å². The molecule has 0 saturated carbocycles. The highest BCUT2D eigenvalue weighted by atomic mass is 32.2. The summed E-state index contributed by atoms with van der Waals surface area (Å²) in [5.74, 6) is -0.829. The maximum Gasteiger partial charge on any atom is 0.279 e. The Morgan fingerprint density at radius 2 is 1.79 bits per heavy atom. The van der Waals surface area contributed by atoms with E-state index in [2.05, 4.69) is 5.32 Å². The lowest BCUT2D eigenvalue weighted by Crippen LogP contribution is -3.15. The molecule has 9 heteroatoms. The molecule has 1 fully saturated rings. The zero-order valence-corrected chi connectivity index (χ0v) is 15.9. The van der Waals surface area contributed by atoms with Crippen LogP contribution in [0, 0.1) is 17.1 Å². The Balaban J connectivity index is 1.59. The molecule has 28 heavy (non-hydrogen) atoms. The van der Waals surface area contributed by atoms with Gasteiger partial charge in [-0.3, -0.25) is 4.79 Å². The van der Waals surface area contributed by atoms with Crippen LogP contribution in [0.3, 0.4) is 0 Å². The van der Waals surface area contributed by atoms with Crippen molar-refractivity contribution < 1.29 is 22.5 Å². The van der Waals surface area contributed by atoms with E-state index in [1.807, 2.05) is 6.07 Å². The van der Waals surface area contributed by atoms with E-state index in [1.54, 1.807) is 24.3 Å². The van der Waals surface area contributed by atoms with Crippen LogP contribution in [0.2, 0.25) is 0 Å². The van der Waals surface area contributed by atoms with Gasteiger partial charge in [-0.25, -0.2) is 12.8 Å². The maximum absolute atomic E-state index is 13.6. The second kappa shape index (κ2) is 8.48. The molecule has 0 aliphatic carbocycles. The molecule has 2 aromatic carbocycles. The van der Waals surface area contributed by atoms with E-state index >= 15 is 0 Å². The third-order valence-electron chi connectivity index (χ3n) is 4.61. The minimum Gasteiger partial charge on any atom is -0.325 e. The van der Waals surface area contributed by atoms with Crippen LogP contribution in [0.15, 0.2) is 53.4 Å². The molecular formula is C19H20FN4O3S+. The number of benzene rings is 2. The van der Waals surface area contributed by atoms with E-state index in [1.165, 1.54) is 28.6 Å². The van der Waals surface area contributed by atoms with Crippen LogP contribution < -0.4 is 10.2 Å². The highest BCUT2D eigenvalue weighted by molar-refractivity contribution is 7.89. The quantitative estimate of drug-likeness (QED) is 0.747. The Bertz CT molecular complexity index is 1010. The zero-order chi connectivity index (χ0) is 20.1. The van der Waals surface area contributed by atoms with Crippen LogP contribution >= 0.6 is 0 Å². The molecule has 0 radical (unpaired) electrons. The van der Waals surface area contributed by atoms with Crippen LogP contribution in [-0.4, -0.2) is 51.4 Å². The van der Waals surface area contributed by atoms with Crippen molar-refractivity contribution >= 4 is 21.6 Å². The third-order valence-corrected chi connectivity index (χ3v) is 6.57. The molecule has 3 rings (SSSR count). The van der Waals surface area contributed by atoms with Crippen LogP contribution in [0.4, 0.5) is 10.1 Å². The number of piperazine rings is 1. The summed E-state index contributed by atoms with van der Waals surface area (Å²) in [7, 11) is -3.76. The number of nitrogens with one attached hydrogen (secondary N) is 2. The largest absolute Gasteiger partial charge is 0.325 e. The van der Waals surface area contributed by atoms with Crippen LogP contribution in [0.5, 0.6) is 0 Å². The number of carbonyl (C=O) groups is 1. The van der Waals surface area contributed by atoms with Gasteiger partial charge in [0.05, 0.1) is 42.3 Å². The molecule has 0 unspecified atom stereocenters. The topological polar surface area (TPSA) is 94.7 Å². The highest BCUT2D eigenvalue weighted by Crippen LogP contribution is 2.19. The Morgan fingerprint density at radius 3 is 2.46 bits per heavy atom. The molecule has 0 atom stereocenters. The number of rotatable bonds is 5. The number of nitrogens with zero attached hydrogens (tertiary/aromatic N) is 2. The number of nitriles is 1. The lowest BCUT2D eigenvalue weighted by atomic mass is 10.2. The lowest BCUT2D eigenvalue weighted by Gasteiger charge is -2.31. The summed E-state index contributed by atoms with van der Waals surface area (Å²) in [4.78, 5) is 13.1. The van der Waals surface area contributed by atoms with Crippen molar-refractivity contribution in [3.05, 3.63) is 59.9 Å². The molecule has 7 nitrogen and oxygen atoms in total. The standard InChI is InChI=1S/C19H19FN4O3S/c20-16-6-2-3-7-17(16)22-19(25)14-23-9-11-24(12-10-23)28(26,27)18-8-4-1-5-15(18)13-21/h1-8H,9-12,14H2,(H,22,25)/p+1. The number of para-hydroxylation sites is 1. The summed E-state index contributed by atoms with van der Waals surface area (Å²) < 4.78 is 40.6. The van der Waals surface area contributed by atoms with E-state index < -0.39 is 15.8 Å². The van der Waals surface area contributed by atoms with Gasteiger partial charge in [0.1, 0.15) is 11.9 Å². The van der Waals surface area contributed by atoms with Crippen LogP contribution in [0.1, 0.15) is 5.56 Å². The van der Waals surface area contributed by atoms with E-state index in [0.717, 1.165) is 4.90 Å². The van der Waals surface area contributed by atoms with Gasteiger partial charge in [0.2, 0.25) is 10.0 Å². The highest BCUT2D eigenvalue weighted by Gasteiger charge is 2.32. The van der Waals surface area contributed by atoms with Crippen molar-refractivity contribution in [3.8, 4) is 6.07 Å². The summed E-state index contributed by atoms with van der Waals surface area (Å²) in [6.07, 6.45) is 0. The van der Waals surface area contributed by atoms with E-state index in [4.69, 9.17) is 5.26 Å². The normalized spacial score (nSPS) is 15.7. The van der Waals surface area contributed by atoms with Gasteiger partial charge in [0.15, 0.2) is 6.54 Å². The SMILES string of the molecule is N#Cc1ccccc1S(=O)(=O)N1CC[NH+](CC(=O)Nc2ccccc2F)CC1. The van der Waals surface area contributed by atoms with Gasteiger partial charge in [0.25, 0.3) is 5.91 Å². The van der Waals surface area contributed by atoms with Gasteiger partial charge in [0, 0.05) is 0 Å². The number of quaternary nitrogens is 1. The summed E-state index contributed by atoms with van der Waals surface area (Å²) in [5.41, 5.74) is 0.239. The minimum atomic E-state index is -3.76. The van der Waals surface area contributed by atoms with Crippen molar-refractivity contribution in [2.45, 2.75) is 4.90 Å². The molecule has 146 valence electrons. The number of anilines is 1. The Labute approximate surface area is 163 Å². The zero-order valence-electron chi connectivity index (χ0n) is 15.1. The molecule has 1 aliphatic rings. The molecule has 1 amide bonds. The Morgan fingerprint density at radius 1 is 1.14 bits per heavy atom. The predicted molar refractivity (Wildman–Crippen MR) is 101 cm³/mol. The second-order valence-electron chi connectivity index (χ2n) is 6.47. The Kier molecular flexibility index (Phi) is 6.04. The van der Waals surface area contributed by atoms with Crippen molar-refractivity contribution in [1.29, 1.82) is 5.26 Å². The average molecular weight is 403 g/mol. The molecule has 1 heterocycles. The number of carbonyl (C=O) groups excluding carboxylic acids is 1. The van der Waals surface area contributed by atoms with Crippen molar-refractivity contribution in [3.63, 3.8) is 0 Å². The van der Waals surface area contributed by atoms with Crippen LogP contribution in [0.25, 0.3) is 0 Å². The summed E-state index contributed by atoms with van der Waals surface area (Å²) >= 11 is 0. The van der Waals surface area contributed by atoms with Gasteiger partial charge in [-0.2, -0.15) is 9.57 Å². The van der Waals surface area contributed by atoms with E-state index in [9.17, 15) is 17.6 Å². The van der Waals surface area contributed by atoms with Gasteiger partial charge in [-0.1, -0.05) is 24.3 Å². The van der Waals surface area contributed by atoms with Crippen molar-refractivity contribution in [2.75, 3.05) is 38.0 Å². The lowest BCUT2D eigenvalue weighted by molar-refractivity contribution is -0.895. The Hall–Kier alpha value is -2.80. The first-order valence-corrected chi connectivity index (χ1v) is 10.2. The molecule has 1 aliphatic heterocycles. The van der Waals surface area contributed by atoms with Crippen molar-refractivity contribution in [2.24, 2.45) is 0 Å². The first kappa shape index (κ1) is 19.9. The monoisotopic (exact) mass is 403 g/mol. The predicted octanol–water partition coefficient (Wildman–Crippen LogP) is 0.225. The van der Waals surface area contributed by atoms with E-state index in [0.29, 0.717) is 13.1 Å². The van der Waals surface area contributed by atoms with Gasteiger partial charge in [-0.15, -0.1) is 0 Å². The maximum atomic E-state index is 13.6. The summed E-state index contributed by atoms with van der Waals surface area (Å²) in [6.45, 7) is 1.49. The first-order chi connectivity index (χ1) is 13.4. The average Bonchev–Trinajstić information content (AvgIpc) is 2.70. The third kappa shape index (κ3) is 4.36. The van der Waals surface area contributed by atoms with Gasteiger partial charge >= 0.3 is 0 Å². The number of amides is 1. The smallest absolute Gasteiger partial charge is 0.279 e. The number of sulfonamides is 1. The second-order valence-corrected chi connectivity index (χ2v) is 8.37. The fraction of sp³-hybridized carbons (Fsp3) is 0.263. The molecule has 0 aromatic heterocycles. The molecule has 2 aromatic rings. The summed E-state index contributed by atoms with van der Waals surface area (Å²) in [6, 6.07) is 13.9. The van der Waals surface area contributed by atoms with Crippen molar-refractivity contribution in [1.82, 2.24) is 4.31 Å². The molecule has 0 spiro atoms. The molecule has 2 N–H and O–H groups in total. The minimum absolute atomic E-state index is 0.00162. The number of hydrogen-bond acceptors (Lipinski definition) is 4.